The molecule has 1 aliphatic carbocycles. The lowest BCUT2D eigenvalue weighted by Crippen LogP contribution is -2.44. The van der Waals surface area contributed by atoms with Gasteiger partial charge in [0.2, 0.25) is 11.9 Å². The Morgan fingerprint density at radius 1 is 1.25 bits per heavy atom. The number of benzene rings is 1. The predicted molar refractivity (Wildman–Crippen MR) is 122 cm³/mol. The first-order chi connectivity index (χ1) is 15.1. The average Bonchev–Trinajstić information content (AvgIpc) is 2.99. The van der Waals surface area contributed by atoms with Crippen molar-refractivity contribution in [3.8, 4) is 0 Å². The first-order valence-corrected chi connectivity index (χ1v) is 13.0. The first kappa shape index (κ1) is 22.8. The molecule has 2 heterocycles. The molecule has 2 fully saturated rings. The fraction of sp³-hybridized carbons (Fsp3) is 0.609. The van der Waals surface area contributed by atoms with Gasteiger partial charge in [-0.15, -0.1) is 0 Å². The summed E-state index contributed by atoms with van der Waals surface area (Å²) >= 11 is 0. The normalized spacial score (nSPS) is 20.3. The minimum Gasteiger partial charge on any atom is -0.343 e. The van der Waals surface area contributed by atoms with Gasteiger partial charge in [0.1, 0.15) is 5.54 Å². The SMILES string of the molecule is CN(C(=O)CCCS(=O)(=O)c1ccc2c(c1)CN1C(=N2)NC(=O)C1(C)C)C1CCCCC1. The molecule has 1 N–H and O–H groups in total. The Morgan fingerprint density at radius 2 is 1.97 bits per heavy atom. The number of nitrogens with one attached hydrogen (secondary N) is 1. The second-order valence-corrected chi connectivity index (χ2v) is 11.7. The number of amides is 2. The molecular weight excluding hydrogens is 428 g/mol. The van der Waals surface area contributed by atoms with Gasteiger partial charge in [0.25, 0.3) is 5.91 Å². The molecule has 0 spiro atoms. The zero-order chi connectivity index (χ0) is 23.1. The van der Waals surface area contributed by atoms with E-state index in [2.05, 4.69) is 10.3 Å². The van der Waals surface area contributed by atoms with Crippen LogP contribution in [0.5, 0.6) is 0 Å². The van der Waals surface area contributed by atoms with Crippen molar-refractivity contribution in [2.24, 2.45) is 4.99 Å². The molecular formula is C23H32N4O4S. The number of hydrogen-bond acceptors (Lipinski definition) is 6. The van der Waals surface area contributed by atoms with E-state index in [9.17, 15) is 18.0 Å². The van der Waals surface area contributed by atoms with Gasteiger partial charge >= 0.3 is 0 Å². The summed E-state index contributed by atoms with van der Waals surface area (Å²) in [6, 6.07) is 5.19. The molecule has 2 aliphatic heterocycles. The van der Waals surface area contributed by atoms with Gasteiger partial charge in [0.15, 0.2) is 9.84 Å². The van der Waals surface area contributed by atoms with Gasteiger partial charge in [-0.25, -0.2) is 13.4 Å². The van der Waals surface area contributed by atoms with Crippen LogP contribution < -0.4 is 5.32 Å². The second kappa shape index (κ2) is 8.50. The van der Waals surface area contributed by atoms with Crippen LogP contribution in [0.15, 0.2) is 28.1 Å². The minimum absolute atomic E-state index is 0.0211. The van der Waals surface area contributed by atoms with Crippen LogP contribution >= 0.6 is 0 Å². The molecule has 0 bridgehead atoms. The summed E-state index contributed by atoms with van der Waals surface area (Å²) in [7, 11) is -1.68. The zero-order valence-electron chi connectivity index (χ0n) is 19.1. The van der Waals surface area contributed by atoms with E-state index in [4.69, 9.17) is 0 Å². The molecule has 1 aromatic carbocycles. The van der Waals surface area contributed by atoms with Gasteiger partial charge in [0.05, 0.1) is 16.3 Å². The summed E-state index contributed by atoms with van der Waals surface area (Å²) < 4.78 is 25.9. The molecule has 32 heavy (non-hydrogen) atoms. The summed E-state index contributed by atoms with van der Waals surface area (Å²) in [5.74, 6) is 0.330. The molecule has 1 saturated carbocycles. The van der Waals surface area contributed by atoms with Crippen LogP contribution in [0.3, 0.4) is 0 Å². The fourth-order valence-corrected chi connectivity index (χ4v) is 6.08. The number of carbonyl (C=O) groups excluding carboxylic acids is 2. The summed E-state index contributed by atoms with van der Waals surface area (Å²) in [6.07, 6.45) is 6.14. The Morgan fingerprint density at radius 3 is 2.69 bits per heavy atom. The van der Waals surface area contributed by atoms with E-state index in [-0.39, 0.29) is 34.9 Å². The molecule has 0 aromatic heterocycles. The van der Waals surface area contributed by atoms with Gasteiger partial charge < -0.3 is 9.80 Å². The third-order valence-corrected chi connectivity index (χ3v) is 8.79. The molecule has 2 amide bonds. The van der Waals surface area contributed by atoms with Crippen LogP contribution in [0.1, 0.15) is 64.4 Å². The topological polar surface area (TPSA) is 99.2 Å². The summed E-state index contributed by atoms with van der Waals surface area (Å²) in [5, 5.41) is 2.79. The number of fused-ring (bicyclic) bond motifs is 2. The van der Waals surface area contributed by atoms with Gasteiger partial charge in [-0.1, -0.05) is 19.3 Å². The van der Waals surface area contributed by atoms with Crippen LogP contribution in [-0.4, -0.2) is 60.4 Å². The number of sulfone groups is 1. The van der Waals surface area contributed by atoms with Crippen molar-refractivity contribution in [2.45, 2.75) is 81.8 Å². The first-order valence-electron chi connectivity index (χ1n) is 11.4. The Labute approximate surface area is 190 Å². The summed E-state index contributed by atoms with van der Waals surface area (Å²) in [4.78, 5) is 33.1. The van der Waals surface area contributed by atoms with Crippen LogP contribution in [-0.2, 0) is 26.0 Å². The average molecular weight is 461 g/mol. The highest BCUT2D eigenvalue weighted by molar-refractivity contribution is 7.91. The lowest BCUT2D eigenvalue weighted by atomic mass is 9.94. The smallest absolute Gasteiger partial charge is 0.252 e. The largest absolute Gasteiger partial charge is 0.343 e. The van der Waals surface area contributed by atoms with Crippen molar-refractivity contribution in [3.63, 3.8) is 0 Å². The third-order valence-electron chi connectivity index (χ3n) is 7.00. The van der Waals surface area contributed by atoms with Crippen molar-refractivity contribution in [1.29, 1.82) is 0 Å². The van der Waals surface area contributed by atoms with Crippen molar-refractivity contribution in [1.82, 2.24) is 15.1 Å². The molecule has 1 aromatic rings. The Bertz CT molecular complexity index is 1060. The highest BCUT2D eigenvalue weighted by Gasteiger charge is 2.45. The van der Waals surface area contributed by atoms with Crippen molar-refractivity contribution in [2.75, 3.05) is 12.8 Å². The number of carbonyl (C=O) groups is 2. The quantitative estimate of drug-likeness (QED) is 0.704. The number of hydrogen-bond donors (Lipinski definition) is 1. The second-order valence-electron chi connectivity index (χ2n) is 9.54. The van der Waals surface area contributed by atoms with Crippen LogP contribution in [0.2, 0.25) is 0 Å². The molecule has 8 nitrogen and oxygen atoms in total. The molecule has 9 heteroatoms. The van der Waals surface area contributed by atoms with Gasteiger partial charge in [-0.3, -0.25) is 14.9 Å². The van der Waals surface area contributed by atoms with Gasteiger partial charge in [-0.2, -0.15) is 0 Å². The third kappa shape index (κ3) is 4.27. The lowest BCUT2D eigenvalue weighted by molar-refractivity contribution is -0.132. The highest BCUT2D eigenvalue weighted by Crippen LogP contribution is 2.34. The van der Waals surface area contributed by atoms with Gasteiger partial charge in [-0.05, 0) is 56.9 Å². The fourth-order valence-electron chi connectivity index (χ4n) is 4.73. The Hall–Kier alpha value is -2.42. The number of nitrogens with zero attached hydrogens (tertiary/aromatic N) is 3. The standard InChI is InChI=1S/C23H32N4O4S/c1-23(2)21(29)25-22-24-19-12-11-18(14-16(19)15-27(22)23)32(30,31)13-7-10-20(28)26(3)17-8-5-4-6-9-17/h11-12,14,17H,4-10,13,15H2,1-3H3,(H,24,25,29). The van der Waals surface area contributed by atoms with E-state index >= 15 is 0 Å². The van der Waals surface area contributed by atoms with E-state index in [1.54, 1.807) is 18.2 Å². The number of aliphatic imine (C=N–C) groups is 1. The van der Waals surface area contributed by atoms with Gasteiger partial charge in [0, 0.05) is 26.1 Å². The molecule has 0 radical (unpaired) electrons. The molecule has 1 saturated heterocycles. The Kier molecular flexibility index (Phi) is 6.04. The number of guanidine groups is 1. The summed E-state index contributed by atoms with van der Waals surface area (Å²) in [5.41, 5.74) is 0.695. The monoisotopic (exact) mass is 460 g/mol. The molecule has 0 unspecified atom stereocenters. The molecule has 174 valence electrons. The molecule has 0 atom stereocenters. The summed E-state index contributed by atoms with van der Waals surface area (Å²) in [6.45, 7) is 4.05. The van der Waals surface area contributed by atoms with E-state index in [1.807, 2.05) is 30.7 Å². The van der Waals surface area contributed by atoms with Crippen molar-refractivity contribution < 1.29 is 18.0 Å². The molecule has 4 rings (SSSR count). The maximum absolute atomic E-state index is 12.9. The van der Waals surface area contributed by atoms with Crippen LogP contribution in [0.4, 0.5) is 5.69 Å². The van der Waals surface area contributed by atoms with E-state index in [0.29, 0.717) is 24.6 Å². The maximum Gasteiger partial charge on any atom is 0.252 e. The highest BCUT2D eigenvalue weighted by atomic mass is 32.2. The predicted octanol–water partition coefficient (Wildman–Crippen LogP) is 2.74. The van der Waals surface area contributed by atoms with Crippen molar-refractivity contribution >= 4 is 33.3 Å². The molecule has 3 aliphatic rings. The van der Waals surface area contributed by atoms with Crippen LogP contribution in [0, 0.1) is 0 Å². The maximum atomic E-state index is 12.9. The Balaban J connectivity index is 1.40. The zero-order valence-corrected chi connectivity index (χ0v) is 19.9. The minimum atomic E-state index is -3.52. The van der Waals surface area contributed by atoms with E-state index < -0.39 is 15.4 Å². The number of rotatable bonds is 6. The van der Waals surface area contributed by atoms with Crippen molar-refractivity contribution in [3.05, 3.63) is 23.8 Å². The van der Waals surface area contributed by atoms with E-state index in [0.717, 1.165) is 31.2 Å². The van der Waals surface area contributed by atoms with Crippen LogP contribution in [0.25, 0.3) is 0 Å². The lowest BCUT2D eigenvalue weighted by Gasteiger charge is -2.32. The van der Waals surface area contributed by atoms with E-state index in [1.165, 1.54) is 6.42 Å².